The topological polar surface area (TPSA) is 52.0 Å². The lowest BCUT2D eigenvalue weighted by Crippen LogP contribution is -2.06. The van der Waals surface area contributed by atoms with Gasteiger partial charge in [-0.25, -0.2) is 13.4 Å². The lowest BCUT2D eigenvalue weighted by Gasteiger charge is -1.97. The Labute approximate surface area is 72.2 Å². The van der Waals surface area contributed by atoms with E-state index in [0.29, 0.717) is 5.82 Å². The van der Waals surface area contributed by atoms with Crippen molar-refractivity contribution in [3.05, 3.63) is 17.7 Å². The van der Waals surface area contributed by atoms with Gasteiger partial charge in [0, 0.05) is 19.5 Å². The Kier molecular flexibility index (Phi) is 2.23. The van der Waals surface area contributed by atoms with Crippen molar-refractivity contribution in [3.63, 3.8) is 0 Å². The molecule has 0 atom stereocenters. The molecule has 0 saturated carbocycles. The van der Waals surface area contributed by atoms with Crippen molar-refractivity contribution in [1.82, 2.24) is 9.55 Å². The van der Waals surface area contributed by atoms with Crippen LogP contribution in [0.5, 0.6) is 0 Å². The molecule has 1 heterocycles. The molecule has 0 bridgehead atoms. The first-order valence-corrected chi connectivity index (χ1v) is 5.61. The molecule has 4 nitrogen and oxygen atoms in total. The highest BCUT2D eigenvalue weighted by atomic mass is 32.2. The maximum atomic E-state index is 10.9. The molecule has 68 valence electrons. The van der Waals surface area contributed by atoms with E-state index >= 15 is 0 Å². The van der Waals surface area contributed by atoms with Gasteiger partial charge in [0.05, 0.1) is 5.69 Å². The average Bonchev–Trinajstić information content (AvgIpc) is 2.06. The van der Waals surface area contributed by atoms with Gasteiger partial charge in [-0.2, -0.15) is 0 Å². The summed E-state index contributed by atoms with van der Waals surface area (Å²) in [6.07, 6.45) is 3.01. The number of aromatic nitrogens is 2. The number of hydrogen-bond acceptors (Lipinski definition) is 3. The van der Waals surface area contributed by atoms with Crippen LogP contribution < -0.4 is 0 Å². The van der Waals surface area contributed by atoms with Gasteiger partial charge in [-0.3, -0.25) is 0 Å². The molecular formula is C7H12N2O2S. The zero-order chi connectivity index (χ0) is 9.35. The van der Waals surface area contributed by atoms with Crippen LogP contribution in [0.2, 0.25) is 0 Å². The second kappa shape index (κ2) is 2.90. The third-order valence-corrected chi connectivity index (χ3v) is 2.27. The maximum absolute atomic E-state index is 10.9. The van der Waals surface area contributed by atoms with E-state index in [0.717, 1.165) is 5.69 Å². The van der Waals surface area contributed by atoms with Gasteiger partial charge in [0.25, 0.3) is 0 Å². The van der Waals surface area contributed by atoms with E-state index in [1.54, 1.807) is 17.8 Å². The minimum atomic E-state index is -2.97. The van der Waals surface area contributed by atoms with Crippen molar-refractivity contribution in [2.45, 2.75) is 12.7 Å². The fourth-order valence-electron chi connectivity index (χ4n) is 1.03. The van der Waals surface area contributed by atoms with Gasteiger partial charge in [0.15, 0.2) is 9.84 Å². The first-order valence-electron chi connectivity index (χ1n) is 3.55. The van der Waals surface area contributed by atoms with E-state index in [-0.39, 0.29) is 5.75 Å². The number of nitrogens with zero attached hydrogens (tertiary/aromatic N) is 2. The first kappa shape index (κ1) is 9.25. The van der Waals surface area contributed by atoms with E-state index in [2.05, 4.69) is 4.98 Å². The Hall–Kier alpha value is -0.840. The van der Waals surface area contributed by atoms with Crippen LogP contribution in [0, 0.1) is 6.92 Å². The molecule has 0 saturated heterocycles. The summed E-state index contributed by atoms with van der Waals surface area (Å²) in [7, 11) is -1.18. The van der Waals surface area contributed by atoms with Gasteiger partial charge in [0.2, 0.25) is 0 Å². The molecule has 0 amide bonds. The van der Waals surface area contributed by atoms with E-state index in [1.165, 1.54) is 6.26 Å². The molecule has 1 rings (SSSR count). The van der Waals surface area contributed by atoms with Crippen LogP contribution in [0.15, 0.2) is 6.20 Å². The highest BCUT2D eigenvalue weighted by Crippen LogP contribution is 2.03. The van der Waals surface area contributed by atoms with Crippen molar-refractivity contribution >= 4 is 9.84 Å². The third kappa shape index (κ3) is 2.34. The van der Waals surface area contributed by atoms with E-state index < -0.39 is 9.84 Å². The summed E-state index contributed by atoms with van der Waals surface area (Å²) < 4.78 is 23.6. The van der Waals surface area contributed by atoms with Crippen LogP contribution in [0.25, 0.3) is 0 Å². The molecule has 0 aromatic carbocycles. The average molecular weight is 188 g/mol. The molecule has 12 heavy (non-hydrogen) atoms. The van der Waals surface area contributed by atoms with E-state index in [1.807, 2.05) is 6.92 Å². The molecule has 0 radical (unpaired) electrons. The Balaban J connectivity index is 2.97. The molecule has 0 aliphatic heterocycles. The number of aryl methyl sites for hydroxylation is 2. The predicted octanol–water partition coefficient (Wildman–Crippen LogP) is 0.273. The van der Waals surface area contributed by atoms with Crippen molar-refractivity contribution in [2.75, 3.05) is 6.26 Å². The minimum absolute atomic E-state index is 0.0112. The lowest BCUT2D eigenvalue weighted by molar-refractivity contribution is 0.598. The Bertz CT molecular complexity index is 378. The van der Waals surface area contributed by atoms with Crippen LogP contribution in [-0.2, 0) is 22.6 Å². The summed E-state index contributed by atoms with van der Waals surface area (Å²) in [5.74, 6) is 0.604. The van der Waals surface area contributed by atoms with Crippen molar-refractivity contribution < 1.29 is 8.42 Å². The molecule has 0 fully saturated rings. The SMILES string of the molecule is Cc1cn(C)c(CS(C)(=O)=O)n1. The number of rotatable bonds is 2. The third-order valence-electron chi connectivity index (χ3n) is 1.48. The molecule has 0 N–H and O–H groups in total. The van der Waals surface area contributed by atoms with Gasteiger partial charge in [-0.05, 0) is 6.92 Å². The smallest absolute Gasteiger partial charge is 0.154 e. The zero-order valence-corrected chi connectivity index (χ0v) is 8.22. The maximum Gasteiger partial charge on any atom is 0.154 e. The molecule has 0 unspecified atom stereocenters. The monoisotopic (exact) mass is 188 g/mol. The Morgan fingerprint density at radius 1 is 1.58 bits per heavy atom. The van der Waals surface area contributed by atoms with Crippen molar-refractivity contribution in [2.24, 2.45) is 7.05 Å². The summed E-state index contributed by atoms with van der Waals surface area (Å²) in [6.45, 7) is 1.84. The summed E-state index contributed by atoms with van der Waals surface area (Å²) >= 11 is 0. The van der Waals surface area contributed by atoms with Crippen molar-refractivity contribution in [3.8, 4) is 0 Å². The van der Waals surface area contributed by atoms with E-state index in [4.69, 9.17) is 0 Å². The van der Waals surface area contributed by atoms with E-state index in [9.17, 15) is 8.42 Å². The van der Waals surface area contributed by atoms with Crippen LogP contribution in [-0.4, -0.2) is 24.2 Å². The van der Waals surface area contributed by atoms with Crippen LogP contribution in [0.4, 0.5) is 0 Å². The molecule has 0 aliphatic rings. The molecular weight excluding hydrogens is 176 g/mol. The number of sulfone groups is 1. The van der Waals surface area contributed by atoms with Gasteiger partial charge in [0.1, 0.15) is 11.6 Å². The fourth-order valence-corrected chi connectivity index (χ4v) is 1.77. The number of hydrogen-bond donors (Lipinski definition) is 0. The standard InChI is InChI=1S/C7H12N2O2S/c1-6-4-9(2)7(8-6)5-12(3,10)11/h4H,5H2,1-3H3. The molecule has 0 spiro atoms. The Morgan fingerprint density at radius 2 is 2.17 bits per heavy atom. The van der Waals surface area contributed by atoms with Gasteiger partial charge in [-0.1, -0.05) is 0 Å². The van der Waals surface area contributed by atoms with Gasteiger partial charge >= 0.3 is 0 Å². The first-order chi connectivity index (χ1) is 5.38. The minimum Gasteiger partial charge on any atom is -0.337 e. The second-order valence-electron chi connectivity index (χ2n) is 2.98. The second-order valence-corrected chi connectivity index (χ2v) is 5.12. The summed E-state index contributed by atoms with van der Waals surface area (Å²) in [4.78, 5) is 4.08. The van der Waals surface area contributed by atoms with Crippen LogP contribution >= 0.6 is 0 Å². The van der Waals surface area contributed by atoms with Gasteiger partial charge < -0.3 is 4.57 Å². The van der Waals surface area contributed by atoms with Gasteiger partial charge in [-0.15, -0.1) is 0 Å². The Morgan fingerprint density at radius 3 is 2.50 bits per heavy atom. The highest BCUT2D eigenvalue weighted by Gasteiger charge is 2.09. The van der Waals surface area contributed by atoms with Crippen molar-refractivity contribution in [1.29, 1.82) is 0 Å². The summed E-state index contributed by atoms with van der Waals surface area (Å²) in [5, 5.41) is 0. The molecule has 1 aromatic rings. The largest absolute Gasteiger partial charge is 0.337 e. The lowest BCUT2D eigenvalue weighted by atomic mass is 10.6. The normalized spacial score (nSPS) is 11.9. The molecule has 1 aromatic heterocycles. The number of imidazole rings is 1. The summed E-state index contributed by atoms with van der Waals surface area (Å²) in [5.41, 5.74) is 0.844. The molecule has 5 heteroatoms. The zero-order valence-electron chi connectivity index (χ0n) is 7.40. The highest BCUT2D eigenvalue weighted by molar-refractivity contribution is 7.89. The van der Waals surface area contributed by atoms with Crippen LogP contribution in [0.3, 0.4) is 0 Å². The molecule has 0 aliphatic carbocycles. The predicted molar refractivity (Wildman–Crippen MR) is 46.5 cm³/mol. The van der Waals surface area contributed by atoms with Crippen LogP contribution in [0.1, 0.15) is 11.5 Å². The fraction of sp³-hybridized carbons (Fsp3) is 0.571. The summed E-state index contributed by atoms with van der Waals surface area (Å²) in [6, 6.07) is 0. The quantitative estimate of drug-likeness (QED) is 0.669.